The first-order chi connectivity index (χ1) is 11.8. The van der Waals surface area contributed by atoms with E-state index >= 15 is 0 Å². The highest BCUT2D eigenvalue weighted by Crippen LogP contribution is 2.42. The van der Waals surface area contributed by atoms with Gasteiger partial charge in [-0.25, -0.2) is 14.4 Å². The highest BCUT2D eigenvalue weighted by Gasteiger charge is 2.52. The van der Waals surface area contributed by atoms with Crippen molar-refractivity contribution in [2.45, 2.75) is 25.0 Å². The molecule has 7 heteroatoms. The van der Waals surface area contributed by atoms with E-state index in [1.54, 1.807) is 23.6 Å². The van der Waals surface area contributed by atoms with E-state index in [0.29, 0.717) is 12.5 Å². The third-order valence-corrected chi connectivity index (χ3v) is 5.62. The summed E-state index contributed by atoms with van der Waals surface area (Å²) in [5, 5.41) is 3.15. The van der Waals surface area contributed by atoms with Gasteiger partial charge in [-0.05, 0) is 30.9 Å². The zero-order valence-electron chi connectivity index (χ0n) is 13.4. The lowest BCUT2D eigenvalue weighted by Gasteiger charge is -2.50. The van der Waals surface area contributed by atoms with Crippen LogP contribution in [0.5, 0.6) is 5.88 Å². The third kappa shape index (κ3) is 3.16. The molecule has 0 bridgehead atoms. The first-order valence-corrected chi connectivity index (χ1v) is 9.11. The van der Waals surface area contributed by atoms with E-state index in [9.17, 15) is 4.39 Å². The molecular formula is C17H20FN3O2S. The second-order valence-corrected chi connectivity index (χ2v) is 7.38. The van der Waals surface area contributed by atoms with Gasteiger partial charge >= 0.3 is 0 Å². The summed E-state index contributed by atoms with van der Waals surface area (Å²) in [6, 6.07) is 2.93. The smallest absolute Gasteiger partial charge is 0.250 e. The molecule has 2 aliphatic rings. The number of nitrogens with zero attached hydrogens (tertiary/aromatic N) is 3. The van der Waals surface area contributed by atoms with Gasteiger partial charge in [0.05, 0.1) is 18.8 Å². The van der Waals surface area contributed by atoms with Gasteiger partial charge in [-0.3, -0.25) is 4.90 Å². The second kappa shape index (κ2) is 6.74. The molecule has 5 nitrogen and oxygen atoms in total. The molecule has 2 saturated heterocycles. The van der Waals surface area contributed by atoms with Crippen LogP contribution in [0.25, 0.3) is 0 Å². The Morgan fingerprint density at radius 3 is 3.08 bits per heavy atom. The fraction of sp³-hybridized carbons (Fsp3) is 0.529. The van der Waals surface area contributed by atoms with Crippen molar-refractivity contribution in [3.8, 4) is 5.88 Å². The zero-order chi connectivity index (χ0) is 16.4. The average Bonchev–Trinajstić information content (AvgIpc) is 3.19. The van der Waals surface area contributed by atoms with Gasteiger partial charge in [0.1, 0.15) is 5.01 Å². The van der Waals surface area contributed by atoms with E-state index in [1.165, 1.54) is 6.07 Å². The molecule has 2 aromatic rings. The van der Waals surface area contributed by atoms with Crippen molar-refractivity contribution in [2.75, 3.05) is 26.3 Å². The summed E-state index contributed by atoms with van der Waals surface area (Å²) in [4.78, 5) is 10.6. The van der Waals surface area contributed by atoms with Gasteiger partial charge < -0.3 is 9.47 Å². The molecule has 1 atom stereocenters. The molecule has 4 rings (SSSR count). The van der Waals surface area contributed by atoms with Gasteiger partial charge in [-0.2, -0.15) is 0 Å². The van der Waals surface area contributed by atoms with Gasteiger partial charge in [0, 0.05) is 37.5 Å². The molecule has 0 N–H and O–H groups in total. The van der Waals surface area contributed by atoms with Crippen LogP contribution < -0.4 is 4.74 Å². The monoisotopic (exact) mass is 349 g/mol. The van der Waals surface area contributed by atoms with E-state index < -0.39 is 5.82 Å². The summed E-state index contributed by atoms with van der Waals surface area (Å²) in [6.45, 7) is 4.04. The maximum absolute atomic E-state index is 13.5. The maximum Gasteiger partial charge on any atom is 0.250 e. The van der Waals surface area contributed by atoms with Gasteiger partial charge in [-0.15, -0.1) is 11.3 Å². The molecular weight excluding hydrogens is 329 g/mol. The van der Waals surface area contributed by atoms with Gasteiger partial charge in [0.2, 0.25) is 5.88 Å². The number of hydrogen-bond acceptors (Lipinski definition) is 6. The summed E-state index contributed by atoms with van der Waals surface area (Å²) in [7, 11) is 0. The summed E-state index contributed by atoms with van der Waals surface area (Å²) in [6.07, 6.45) is 5.29. The van der Waals surface area contributed by atoms with Crippen LogP contribution in [0.1, 0.15) is 17.8 Å². The average molecular weight is 349 g/mol. The molecule has 0 unspecified atom stereocenters. The highest BCUT2D eigenvalue weighted by molar-refractivity contribution is 7.09. The largest absolute Gasteiger partial charge is 0.476 e. The number of thiazole rings is 1. The summed E-state index contributed by atoms with van der Waals surface area (Å²) < 4.78 is 25.1. The number of hydrogen-bond donors (Lipinski definition) is 0. The van der Waals surface area contributed by atoms with Crippen molar-refractivity contribution in [3.63, 3.8) is 0 Å². The predicted octanol–water partition coefficient (Wildman–Crippen LogP) is 2.74. The van der Waals surface area contributed by atoms with Crippen molar-refractivity contribution >= 4 is 11.3 Å². The van der Waals surface area contributed by atoms with Gasteiger partial charge in [0.15, 0.2) is 5.82 Å². The lowest BCUT2D eigenvalue weighted by molar-refractivity contribution is -0.138. The number of likely N-dealkylation sites (tertiary alicyclic amines) is 1. The van der Waals surface area contributed by atoms with Crippen LogP contribution in [0, 0.1) is 11.7 Å². The Morgan fingerprint density at radius 2 is 2.29 bits per heavy atom. The Labute approximate surface area is 144 Å². The molecule has 4 heterocycles. The first kappa shape index (κ1) is 15.9. The topological polar surface area (TPSA) is 47.5 Å². The summed E-state index contributed by atoms with van der Waals surface area (Å²) in [5.74, 6) is 0.134. The lowest BCUT2D eigenvalue weighted by atomic mass is 9.79. The second-order valence-electron chi connectivity index (χ2n) is 6.40. The number of rotatable bonds is 6. The standard InChI is InChI=1S/C17H20FN3O2S/c18-14-2-1-5-20-16(14)22-7-3-13-4-8-23-17(13)11-21(12-17)10-15-19-6-9-24-15/h1-2,5-6,9,13H,3-4,7-8,10-12H2/t13-/m1/s1. The molecule has 24 heavy (non-hydrogen) atoms. The van der Waals surface area contributed by atoms with Crippen LogP contribution in [0.4, 0.5) is 4.39 Å². The third-order valence-electron chi connectivity index (χ3n) is 4.85. The predicted molar refractivity (Wildman–Crippen MR) is 88.5 cm³/mol. The quantitative estimate of drug-likeness (QED) is 0.802. The molecule has 2 aliphatic heterocycles. The van der Waals surface area contributed by atoms with E-state index in [1.807, 2.05) is 11.6 Å². The lowest BCUT2D eigenvalue weighted by Crippen LogP contribution is -2.64. The fourth-order valence-electron chi connectivity index (χ4n) is 3.66. The molecule has 2 aromatic heterocycles. The summed E-state index contributed by atoms with van der Waals surface area (Å²) in [5.41, 5.74) is -0.0523. The maximum atomic E-state index is 13.5. The fourth-order valence-corrected chi connectivity index (χ4v) is 4.32. The Balaban J connectivity index is 1.28. The van der Waals surface area contributed by atoms with E-state index in [4.69, 9.17) is 9.47 Å². The van der Waals surface area contributed by atoms with Crippen LogP contribution in [0.15, 0.2) is 29.9 Å². The minimum atomic E-state index is -0.409. The number of aromatic nitrogens is 2. The molecule has 0 aromatic carbocycles. The van der Waals surface area contributed by atoms with Gasteiger partial charge in [0.25, 0.3) is 0 Å². The Morgan fingerprint density at radius 1 is 1.38 bits per heavy atom. The SMILES string of the molecule is Fc1cccnc1OCC[C@@H]1CCOC12CN(Cc1nccs1)C2. The molecule has 128 valence electrons. The minimum absolute atomic E-state index is 0.0523. The molecule has 0 radical (unpaired) electrons. The van der Waals surface area contributed by atoms with Crippen LogP contribution in [0.2, 0.25) is 0 Å². The molecule has 0 aliphatic carbocycles. The molecule has 2 fully saturated rings. The van der Waals surface area contributed by atoms with Crippen molar-refractivity contribution in [1.29, 1.82) is 0 Å². The number of pyridine rings is 1. The normalized spacial score (nSPS) is 22.6. The van der Waals surface area contributed by atoms with Gasteiger partial charge in [-0.1, -0.05) is 0 Å². The highest BCUT2D eigenvalue weighted by atomic mass is 32.1. The van der Waals surface area contributed by atoms with Crippen molar-refractivity contribution in [2.24, 2.45) is 5.92 Å². The first-order valence-electron chi connectivity index (χ1n) is 8.23. The van der Waals surface area contributed by atoms with Crippen LogP contribution >= 0.6 is 11.3 Å². The van der Waals surface area contributed by atoms with Crippen LogP contribution in [-0.4, -0.2) is 46.8 Å². The van der Waals surface area contributed by atoms with Crippen LogP contribution in [-0.2, 0) is 11.3 Å². The minimum Gasteiger partial charge on any atom is -0.476 e. The van der Waals surface area contributed by atoms with Crippen molar-refractivity contribution < 1.29 is 13.9 Å². The Kier molecular flexibility index (Phi) is 4.47. The summed E-state index contributed by atoms with van der Waals surface area (Å²) >= 11 is 1.69. The van der Waals surface area contributed by atoms with E-state index in [0.717, 1.165) is 44.1 Å². The number of ether oxygens (including phenoxy) is 2. The van der Waals surface area contributed by atoms with E-state index in [-0.39, 0.29) is 11.5 Å². The molecule has 0 amide bonds. The van der Waals surface area contributed by atoms with Crippen molar-refractivity contribution in [1.82, 2.24) is 14.9 Å². The van der Waals surface area contributed by atoms with Crippen molar-refractivity contribution in [3.05, 3.63) is 40.7 Å². The Bertz CT molecular complexity index is 676. The Hall–Kier alpha value is -1.57. The molecule has 0 saturated carbocycles. The number of halogens is 1. The van der Waals surface area contributed by atoms with E-state index in [2.05, 4.69) is 14.9 Å². The zero-order valence-corrected chi connectivity index (χ0v) is 14.2. The molecule has 1 spiro atoms. The van der Waals surface area contributed by atoms with Crippen LogP contribution in [0.3, 0.4) is 0 Å².